The summed E-state index contributed by atoms with van der Waals surface area (Å²) in [6.45, 7) is 9.22. The second-order valence-electron chi connectivity index (χ2n) is 7.23. The first-order valence-electron chi connectivity index (χ1n) is 7.66. The topological polar surface area (TPSA) is 71.2 Å². The Hall–Kier alpha value is -2.08. The monoisotopic (exact) mass is 350 g/mol. The lowest BCUT2D eigenvalue weighted by Crippen LogP contribution is -2.55. The van der Waals surface area contributed by atoms with Gasteiger partial charge in [0.25, 0.3) is 0 Å². The lowest BCUT2D eigenvalue weighted by atomic mass is 9.94. The minimum Gasteiger partial charge on any atom is -0.465 e. The molecule has 130 valence electrons. The largest absolute Gasteiger partial charge is 0.465 e. The van der Waals surface area contributed by atoms with E-state index in [-0.39, 0.29) is 0 Å². The first kappa shape index (κ1) is 18.3. The Morgan fingerprint density at radius 1 is 1.17 bits per heavy atom. The van der Waals surface area contributed by atoms with E-state index in [2.05, 4.69) is 10.2 Å². The van der Waals surface area contributed by atoms with Crippen molar-refractivity contribution in [2.24, 2.45) is 7.05 Å². The number of rotatable bonds is 3. The first-order chi connectivity index (χ1) is 11.0. The van der Waals surface area contributed by atoms with Gasteiger partial charge in [0.1, 0.15) is 5.54 Å². The fraction of sp³-hybridized carbons (Fsp3) is 0.471. The molecule has 0 aliphatic rings. The molecule has 2 aromatic rings. The van der Waals surface area contributed by atoms with Crippen LogP contribution in [-0.4, -0.2) is 36.4 Å². The average molecular weight is 351 g/mol. The van der Waals surface area contributed by atoms with Crippen LogP contribution < -0.4 is 0 Å². The maximum absolute atomic E-state index is 11.9. The van der Waals surface area contributed by atoms with Crippen LogP contribution in [0.3, 0.4) is 0 Å². The Morgan fingerprint density at radius 3 is 2.25 bits per heavy atom. The van der Waals surface area contributed by atoms with E-state index >= 15 is 0 Å². The molecule has 0 unspecified atom stereocenters. The number of nitrogens with zero attached hydrogens (tertiary/aromatic N) is 4. The minimum absolute atomic E-state index is 0.551. The van der Waals surface area contributed by atoms with Gasteiger partial charge in [-0.2, -0.15) is 0 Å². The van der Waals surface area contributed by atoms with Crippen LogP contribution in [0.1, 0.15) is 40.4 Å². The number of aromatic nitrogens is 3. The molecule has 0 atom stereocenters. The molecule has 0 saturated carbocycles. The molecule has 24 heavy (non-hydrogen) atoms. The molecule has 2 rings (SSSR count). The van der Waals surface area contributed by atoms with Crippen LogP contribution in [-0.2, 0) is 12.6 Å². The molecule has 7 heteroatoms. The maximum Gasteiger partial charge on any atom is 0.408 e. The van der Waals surface area contributed by atoms with Crippen molar-refractivity contribution >= 4 is 17.7 Å². The van der Waals surface area contributed by atoms with Gasteiger partial charge >= 0.3 is 6.09 Å². The highest BCUT2D eigenvalue weighted by atomic mass is 35.5. The second kappa shape index (κ2) is 6.09. The van der Waals surface area contributed by atoms with Crippen molar-refractivity contribution in [1.82, 2.24) is 19.7 Å². The molecular formula is C17H23ClN4O2. The van der Waals surface area contributed by atoms with Crippen LogP contribution in [0.15, 0.2) is 24.3 Å². The van der Waals surface area contributed by atoms with E-state index in [0.29, 0.717) is 16.7 Å². The lowest BCUT2D eigenvalue weighted by molar-refractivity contribution is 0.0257. The third kappa shape index (κ3) is 3.11. The number of hydrogen-bond acceptors (Lipinski definition) is 3. The molecule has 0 radical (unpaired) electrons. The van der Waals surface area contributed by atoms with E-state index in [9.17, 15) is 9.90 Å². The van der Waals surface area contributed by atoms with Crippen molar-refractivity contribution in [2.75, 3.05) is 0 Å². The Kier molecular flexibility index (Phi) is 4.63. The third-order valence-electron chi connectivity index (χ3n) is 3.96. The molecule has 0 fully saturated rings. The summed E-state index contributed by atoms with van der Waals surface area (Å²) in [6, 6.07) is 7.37. The van der Waals surface area contributed by atoms with Gasteiger partial charge in [-0.05, 0) is 46.8 Å². The molecule has 1 heterocycles. The third-order valence-corrected chi connectivity index (χ3v) is 4.29. The van der Waals surface area contributed by atoms with Gasteiger partial charge in [-0.25, -0.2) is 4.79 Å². The zero-order chi connectivity index (χ0) is 18.3. The van der Waals surface area contributed by atoms with E-state index in [1.807, 2.05) is 59.9 Å². The molecule has 0 saturated heterocycles. The van der Waals surface area contributed by atoms with Crippen molar-refractivity contribution in [2.45, 2.75) is 45.7 Å². The molecule has 0 aliphatic carbocycles. The van der Waals surface area contributed by atoms with Gasteiger partial charge in [-0.3, -0.25) is 4.90 Å². The Labute approximate surface area is 147 Å². The summed E-state index contributed by atoms with van der Waals surface area (Å²) in [5.41, 5.74) is -0.703. The number of benzene rings is 1. The van der Waals surface area contributed by atoms with Crippen LogP contribution in [0.2, 0.25) is 5.02 Å². The van der Waals surface area contributed by atoms with Crippen LogP contribution >= 0.6 is 11.6 Å². The average Bonchev–Trinajstić information content (AvgIpc) is 2.79. The molecule has 6 nitrogen and oxygen atoms in total. The highest BCUT2D eigenvalue weighted by Crippen LogP contribution is 2.35. The van der Waals surface area contributed by atoms with Crippen LogP contribution in [0, 0.1) is 0 Å². The quantitative estimate of drug-likeness (QED) is 0.902. The minimum atomic E-state index is -1.00. The summed E-state index contributed by atoms with van der Waals surface area (Å²) in [4.78, 5) is 13.2. The SMILES string of the molecule is Cn1c(-c2ccccc2Cl)nnc1C(C)(C)N(C(=O)O)C(C)(C)C. The van der Waals surface area contributed by atoms with E-state index in [0.717, 1.165) is 5.56 Å². The van der Waals surface area contributed by atoms with Crippen molar-refractivity contribution < 1.29 is 9.90 Å². The predicted molar refractivity (Wildman–Crippen MR) is 94.1 cm³/mol. The molecule has 0 bridgehead atoms. The standard InChI is InChI=1S/C17H23ClN4O2/c1-16(2,3)22(15(23)24)17(4,5)14-20-19-13(21(14)6)11-9-7-8-10-12(11)18/h7-10H,1-6H3,(H,23,24). The van der Waals surface area contributed by atoms with Crippen LogP contribution in [0.5, 0.6) is 0 Å². The Bertz CT molecular complexity index is 762. The number of halogens is 1. The predicted octanol–water partition coefficient (Wildman–Crippen LogP) is 4.15. The van der Waals surface area contributed by atoms with E-state index in [1.54, 1.807) is 10.6 Å². The van der Waals surface area contributed by atoms with Crippen molar-refractivity contribution in [3.05, 3.63) is 35.1 Å². The zero-order valence-corrected chi connectivity index (χ0v) is 15.6. The van der Waals surface area contributed by atoms with E-state index < -0.39 is 17.2 Å². The Balaban J connectivity index is 2.58. The van der Waals surface area contributed by atoms with Gasteiger partial charge in [0.2, 0.25) is 0 Å². The van der Waals surface area contributed by atoms with Gasteiger partial charge in [0, 0.05) is 18.2 Å². The highest BCUT2D eigenvalue weighted by molar-refractivity contribution is 6.33. The molecule has 1 aromatic carbocycles. The van der Waals surface area contributed by atoms with Crippen molar-refractivity contribution in [1.29, 1.82) is 0 Å². The van der Waals surface area contributed by atoms with E-state index in [4.69, 9.17) is 11.6 Å². The van der Waals surface area contributed by atoms with Crippen LogP contribution in [0.4, 0.5) is 4.79 Å². The summed E-state index contributed by atoms with van der Waals surface area (Å²) in [5, 5.41) is 18.8. The molecule has 0 aliphatic heterocycles. The summed E-state index contributed by atoms with van der Waals surface area (Å²) < 4.78 is 1.79. The molecule has 1 aromatic heterocycles. The molecule has 0 spiro atoms. The molecule has 1 amide bonds. The van der Waals surface area contributed by atoms with E-state index in [1.165, 1.54) is 4.90 Å². The van der Waals surface area contributed by atoms with Gasteiger partial charge in [0.15, 0.2) is 11.6 Å². The van der Waals surface area contributed by atoms with Crippen LogP contribution in [0.25, 0.3) is 11.4 Å². The van der Waals surface area contributed by atoms with Gasteiger partial charge < -0.3 is 9.67 Å². The fourth-order valence-electron chi connectivity index (χ4n) is 3.20. The van der Waals surface area contributed by atoms with Gasteiger partial charge in [0.05, 0.1) is 5.02 Å². The summed E-state index contributed by atoms with van der Waals surface area (Å²) in [7, 11) is 1.82. The lowest BCUT2D eigenvalue weighted by Gasteiger charge is -2.44. The molecule has 1 N–H and O–H groups in total. The Morgan fingerprint density at radius 2 is 1.75 bits per heavy atom. The fourth-order valence-corrected chi connectivity index (χ4v) is 3.42. The first-order valence-corrected chi connectivity index (χ1v) is 8.03. The van der Waals surface area contributed by atoms with Crippen molar-refractivity contribution in [3.63, 3.8) is 0 Å². The number of amides is 1. The summed E-state index contributed by atoms with van der Waals surface area (Å²) >= 11 is 6.25. The zero-order valence-electron chi connectivity index (χ0n) is 14.8. The van der Waals surface area contributed by atoms with Gasteiger partial charge in [-0.15, -0.1) is 10.2 Å². The maximum atomic E-state index is 11.9. The summed E-state index contributed by atoms with van der Waals surface area (Å²) in [6.07, 6.45) is -1.00. The number of carboxylic acid groups (broad SMARTS) is 1. The second-order valence-corrected chi connectivity index (χ2v) is 7.64. The van der Waals surface area contributed by atoms with Gasteiger partial charge in [-0.1, -0.05) is 23.7 Å². The summed E-state index contributed by atoms with van der Waals surface area (Å²) in [5.74, 6) is 1.15. The highest BCUT2D eigenvalue weighted by Gasteiger charge is 2.43. The van der Waals surface area contributed by atoms with Crippen molar-refractivity contribution in [3.8, 4) is 11.4 Å². The smallest absolute Gasteiger partial charge is 0.408 e. The normalized spacial score (nSPS) is 12.3. The number of carbonyl (C=O) groups is 1. The number of hydrogen-bond donors (Lipinski definition) is 1. The molecular weight excluding hydrogens is 328 g/mol.